The van der Waals surface area contributed by atoms with Gasteiger partial charge in [0.2, 0.25) is 0 Å². The molecule has 0 bridgehead atoms. The number of terminal acetylenes is 1. The Bertz CT molecular complexity index is 378. The summed E-state index contributed by atoms with van der Waals surface area (Å²) in [6.07, 6.45) is 7.15. The molecule has 0 aromatic carbocycles. The standard InChI is InChI=1S/C10H10OS2/c1-4-6-11-9-7-10(12-8-9)13(3)5-2/h1,7-8H,2,6H2,3H3. The van der Waals surface area contributed by atoms with Gasteiger partial charge in [0.1, 0.15) is 12.4 Å². The van der Waals surface area contributed by atoms with E-state index in [1.54, 1.807) is 11.3 Å². The molecule has 0 fully saturated rings. The zero-order valence-electron chi connectivity index (χ0n) is 7.37. The molecule has 0 amide bonds. The third-order valence-corrected chi connectivity index (χ3v) is 4.29. The van der Waals surface area contributed by atoms with Crippen LogP contribution >= 0.6 is 21.8 Å². The molecule has 0 aliphatic rings. The predicted molar refractivity (Wildman–Crippen MR) is 61.1 cm³/mol. The molecule has 0 spiro atoms. The maximum atomic E-state index is 5.26. The van der Waals surface area contributed by atoms with E-state index in [4.69, 9.17) is 11.2 Å². The second-order valence-corrected chi connectivity index (χ2v) is 5.17. The minimum Gasteiger partial charge on any atom is -0.480 e. The third-order valence-electron chi connectivity index (χ3n) is 1.39. The van der Waals surface area contributed by atoms with Crippen molar-refractivity contribution in [3.63, 3.8) is 0 Å². The Morgan fingerprint density at radius 1 is 1.77 bits per heavy atom. The summed E-state index contributed by atoms with van der Waals surface area (Å²) in [4.78, 5) is 0. The summed E-state index contributed by atoms with van der Waals surface area (Å²) in [6.45, 7) is 3.95. The summed E-state index contributed by atoms with van der Waals surface area (Å²) in [7, 11) is 0.000674. The van der Waals surface area contributed by atoms with Gasteiger partial charge in [-0.2, -0.15) is 0 Å². The summed E-state index contributed by atoms with van der Waals surface area (Å²) in [5, 5.41) is 4.89. The number of rotatable bonds is 3. The fourth-order valence-electron chi connectivity index (χ4n) is 0.733. The number of hydrogen-bond donors (Lipinski definition) is 0. The normalized spacial score (nSPS) is 11.4. The van der Waals surface area contributed by atoms with Crippen LogP contribution in [0.25, 0.3) is 0 Å². The highest BCUT2D eigenvalue weighted by molar-refractivity contribution is 8.15. The molecule has 68 valence electrons. The Morgan fingerprint density at radius 2 is 2.54 bits per heavy atom. The molecule has 1 nitrogen and oxygen atoms in total. The highest BCUT2D eigenvalue weighted by Gasteiger charge is 2.00. The number of ether oxygens (including phenoxy) is 1. The minimum absolute atomic E-state index is 0.000674. The summed E-state index contributed by atoms with van der Waals surface area (Å²) in [5.74, 6) is 3.27. The monoisotopic (exact) mass is 210 g/mol. The lowest BCUT2D eigenvalue weighted by molar-refractivity contribution is 0.371. The van der Waals surface area contributed by atoms with Crippen LogP contribution in [0, 0.1) is 12.3 Å². The van der Waals surface area contributed by atoms with Crippen LogP contribution in [-0.2, 0) is 0 Å². The van der Waals surface area contributed by atoms with E-state index in [0.29, 0.717) is 6.61 Å². The number of thiophene rings is 1. The van der Waals surface area contributed by atoms with Crippen LogP contribution in [0.15, 0.2) is 22.2 Å². The predicted octanol–water partition coefficient (Wildman–Crippen LogP) is 2.60. The van der Waals surface area contributed by atoms with Crippen molar-refractivity contribution in [2.45, 2.75) is 4.21 Å². The molecule has 1 aromatic rings. The highest BCUT2D eigenvalue weighted by Crippen LogP contribution is 2.32. The fraction of sp³-hybridized carbons (Fsp3) is 0.200. The van der Waals surface area contributed by atoms with E-state index in [1.165, 1.54) is 4.21 Å². The largest absolute Gasteiger partial charge is 0.480 e. The van der Waals surface area contributed by atoms with Gasteiger partial charge in [0.05, 0.1) is 4.21 Å². The molecule has 1 heterocycles. The van der Waals surface area contributed by atoms with Crippen molar-refractivity contribution in [1.82, 2.24) is 0 Å². The van der Waals surface area contributed by atoms with Gasteiger partial charge in [0, 0.05) is 11.4 Å². The molecule has 0 aliphatic heterocycles. The van der Waals surface area contributed by atoms with Crippen LogP contribution in [0.1, 0.15) is 0 Å². The van der Waals surface area contributed by atoms with Crippen molar-refractivity contribution in [2.24, 2.45) is 0 Å². The number of hydrogen-bond acceptors (Lipinski definition) is 2. The first-order valence-corrected chi connectivity index (χ1v) is 6.12. The van der Waals surface area contributed by atoms with Gasteiger partial charge in [-0.3, -0.25) is 0 Å². The first kappa shape index (κ1) is 10.1. The lowest BCUT2D eigenvalue weighted by atomic mass is 10.6. The van der Waals surface area contributed by atoms with Crippen molar-refractivity contribution in [1.29, 1.82) is 0 Å². The van der Waals surface area contributed by atoms with Crippen molar-refractivity contribution >= 4 is 26.8 Å². The smallest absolute Gasteiger partial charge is 0.148 e. The van der Waals surface area contributed by atoms with Crippen LogP contribution < -0.4 is 4.74 Å². The molecule has 1 atom stereocenters. The molecule has 1 aromatic heterocycles. The second kappa shape index (κ2) is 4.94. The Hall–Kier alpha value is -0.940. The molecule has 0 saturated carbocycles. The Kier molecular flexibility index (Phi) is 3.85. The van der Waals surface area contributed by atoms with E-state index in [9.17, 15) is 0 Å². The topological polar surface area (TPSA) is 9.23 Å². The summed E-state index contributed by atoms with van der Waals surface area (Å²) >= 11 is 1.65. The second-order valence-electron chi connectivity index (χ2n) is 2.25. The van der Waals surface area contributed by atoms with Crippen molar-refractivity contribution < 1.29 is 4.74 Å². The highest BCUT2D eigenvalue weighted by atomic mass is 32.2. The molecule has 1 unspecified atom stereocenters. The lowest BCUT2D eigenvalue weighted by Gasteiger charge is -1.95. The zero-order valence-corrected chi connectivity index (χ0v) is 9.00. The SMILES string of the molecule is C#CCOc1csc(S(C)=C=C)c1. The molecule has 1 rings (SSSR count). The summed E-state index contributed by atoms with van der Waals surface area (Å²) < 4.78 is 6.49. The van der Waals surface area contributed by atoms with Gasteiger partial charge in [0.15, 0.2) is 0 Å². The van der Waals surface area contributed by atoms with Crippen molar-refractivity contribution in [3.05, 3.63) is 18.0 Å². The van der Waals surface area contributed by atoms with Crippen LogP contribution in [-0.4, -0.2) is 17.9 Å². The van der Waals surface area contributed by atoms with Crippen LogP contribution in [0.4, 0.5) is 0 Å². The minimum atomic E-state index is 0.000674. The van der Waals surface area contributed by atoms with Gasteiger partial charge in [-0.25, -0.2) is 0 Å². The molecule has 0 aliphatic carbocycles. The maximum absolute atomic E-state index is 5.26. The lowest BCUT2D eigenvalue weighted by Crippen LogP contribution is -1.90. The van der Waals surface area contributed by atoms with Gasteiger partial charge < -0.3 is 4.74 Å². The average molecular weight is 210 g/mol. The van der Waals surface area contributed by atoms with E-state index in [-0.39, 0.29) is 10.5 Å². The Balaban J connectivity index is 2.76. The Morgan fingerprint density at radius 3 is 3.15 bits per heavy atom. The van der Waals surface area contributed by atoms with Gasteiger partial charge in [-0.05, 0) is 6.26 Å². The third kappa shape index (κ3) is 2.78. The molecule has 3 heteroatoms. The van der Waals surface area contributed by atoms with Gasteiger partial charge in [-0.1, -0.05) is 17.5 Å². The van der Waals surface area contributed by atoms with Crippen molar-refractivity contribution in [2.75, 3.05) is 12.9 Å². The quantitative estimate of drug-likeness (QED) is 0.550. The molecule has 0 radical (unpaired) electrons. The van der Waals surface area contributed by atoms with E-state index in [2.05, 4.69) is 23.8 Å². The molecular weight excluding hydrogens is 200 g/mol. The Labute approximate surface area is 85.0 Å². The molecule has 13 heavy (non-hydrogen) atoms. The fourth-order valence-corrected chi connectivity index (χ4v) is 2.62. The van der Waals surface area contributed by atoms with Crippen molar-refractivity contribution in [3.8, 4) is 18.1 Å². The van der Waals surface area contributed by atoms with E-state index >= 15 is 0 Å². The van der Waals surface area contributed by atoms with Gasteiger partial charge >= 0.3 is 0 Å². The van der Waals surface area contributed by atoms with Crippen LogP contribution in [0.3, 0.4) is 0 Å². The van der Waals surface area contributed by atoms with Crippen LogP contribution in [0.2, 0.25) is 0 Å². The summed E-state index contributed by atoms with van der Waals surface area (Å²) in [5.41, 5.74) is 0. The first-order chi connectivity index (χ1) is 6.27. The zero-order chi connectivity index (χ0) is 9.68. The average Bonchev–Trinajstić information content (AvgIpc) is 2.62. The maximum Gasteiger partial charge on any atom is 0.148 e. The molecular formula is C10H10OS2. The first-order valence-electron chi connectivity index (χ1n) is 3.61. The van der Waals surface area contributed by atoms with Crippen LogP contribution in [0.5, 0.6) is 5.75 Å². The van der Waals surface area contributed by atoms with E-state index in [0.717, 1.165) is 5.75 Å². The molecule has 0 N–H and O–H groups in total. The molecule has 0 saturated heterocycles. The van der Waals surface area contributed by atoms with E-state index < -0.39 is 0 Å². The van der Waals surface area contributed by atoms with E-state index in [1.807, 2.05) is 11.4 Å². The van der Waals surface area contributed by atoms with Gasteiger partial charge in [-0.15, -0.1) is 28.2 Å². The van der Waals surface area contributed by atoms with Gasteiger partial charge in [0.25, 0.3) is 0 Å². The summed E-state index contributed by atoms with van der Waals surface area (Å²) in [6, 6.07) is 1.99.